The second-order valence-corrected chi connectivity index (χ2v) is 8.96. The first-order valence-corrected chi connectivity index (χ1v) is 10.4. The van der Waals surface area contributed by atoms with Crippen LogP contribution in [0.5, 0.6) is 0 Å². The Hall–Kier alpha value is -1.96. The number of carbonyl (C=O) groups excluding carboxylic acids is 1. The summed E-state index contributed by atoms with van der Waals surface area (Å²) in [6.45, 7) is 2.22. The largest absolute Gasteiger partial charge is 0.326 e. The van der Waals surface area contributed by atoms with Crippen molar-refractivity contribution in [1.29, 1.82) is 0 Å². The highest BCUT2D eigenvalue weighted by atomic mass is 35.5. The summed E-state index contributed by atoms with van der Waals surface area (Å²) in [5, 5.41) is 3.04. The van der Waals surface area contributed by atoms with Gasteiger partial charge < -0.3 is 5.32 Å². The normalized spacial score (nSPS) is 18.3. The van der Waals surface area contributed by atoms with E-state index in [1.165, 1.54) is 34.6 Å². The summed E-state index contributed by atoms with van der Waals surface area (Å²) >= 11 is 6.06. The molecule has 0 aromatic heterocycles. The fourth-order valence-electron chi connectivity index (χ4n) is 3.07. The van der Waals surface area contributed by atoms with Crippen LogP contribution in [0.4, 0.5) is 10.1 Å². The molecule has 3 rings (SSSR count). The van der Waals surface area contributed by atoms with E-state index in [9.17, 15) is 17.6 Å². The molecule has 2 aromatic rings. The minimum atomic E-state index is -3.74. The second kappa shape index (κ2) is 7.96. The van der Waals surface area contributed by atoms with Crippen LogP contribution in [0.15, 0.2) is 47.4 Å². The first-order valence-electron chi connectivity index (χ1n) is 8.60. The highest BCUT2D eigenvalue weighted by molar-refractivity contribution is 7.89. The third kappa shape index (κ3) is 4.48. The molecule has 1 N–H and O–H groups in total. The van der Waals surface area contributed by atoms with Crippen LogP contribution in [0.2, 0.25) is 5.02 Å². The average Bonchev–Trinajstić information content (AvgIpc) is 2.64. The van der Waals surface area contributed by atoms with Crippen molar-refractivity contribution >= 4 is 33.2 Å². The van der Waals surface area contributed by atoms with Crippen molar-refractivity contribution in [2.75, 3.05) is 18.4 Å². The Morgan fingerprint density at radius 3 is 2.74 bits per heavy atom. The van der Waals surface area contributed by atoms with E-state index in [2.05, 4.69) is 5.32 Å². The summed E-state index contributed by atoms with van der Waals surface area (Å²) in [5.41, 5.74) is 1.15. The van der Waals surface area contributed by atoms with Crippen molar-refractivity contribution in [2.24, 2.45) is 5.92 Å². The van der Waals surface area contributed by atoms with Gasteiger partial charge in [0.15, 0.2) is 0 Å². The number of amides is 1. The summed E-state index contributed by atoms with van der Waals surface area (Å²) < 4.78 is 40.4. The van der Waals surface area contributed by atoms with Gasteiger partial charge in [-0.25, -0.2) is 12.8 Å². The number of nitrogens with zero attached hydrogens (tertiary/aromatic N) is 1. The van der Waals surface area contributed by atoms with E-state index < -0.39 is 21.8 Å². The third-order valence-electron chi connectivity index (χ3n) is 4.63. The van der Waals surface area contributed by atoms with E-state index in [0.29, 0.717) is 30.1 Å². The Kier molecular flexibility index (Phi) is 5.83. The number of aryl methyl sites for hydroxylation is 1. The van der Waals surface area contributed by atoms with Crippen LogP contribution in [0, 0.1) is 18.7 Å². The van der Waals surface area contributed by atoms with Gasteiger partial charge in [0.05, 0.1) is 10.8 Å². The quantitative estimate of drug-likeness (QED) is 0.833. The van der Waals surface area contributed by atoms with Gasteiger partial charge in [0, 0.05) is 23.8 Å². The van der Waals surface area contributed by atoms with Crippen LogP contribution in [0.25, 0.3) is 0 Å². The van der Waals surface area contributed by atoms with E-state index in [-0.39, 0.29) is 17.3 Å². The van der Waals surface area contributed by atoms with Crippen LogP contribution >= 0.6 is 11.6 Å². The smallest absolute Gasteiger partial charge is 0.243 e. The number of hydrogen-bond donors (Lipinski definition) is 1. The molecule has 1 fully saturated rings. The van der Waals surface area contributed by atoms with Gasteiger partial charge in [-0.1, -0.05) is 23.7 Å². The number of anilines is 1. The summed E-state index contributed by atoms with van der Waals surface area (Å²) in [6.07, 6.45) is 1.14. The van der Waals surface area contributed by atoms with Crippen molar-refractivity contribution in [3.63, 3.8) is 0 Å². The van der Waals surface area contributed by atoms with Gasteiger partial charge >= 0.3 is 0 Å². The molecule has 1 aliphatic rings. The number of halogens is 2. The zero-order chi connectivity index (χ0) is 19.6. The van der Waals surface area contributed by atoms with E-state index in [1.807, 2.05) is 0 Å². The van der Waals surface area contributed by atoms with E-state index in [1.54, 1.807) is 19.1 Å². The van der Waals surface area contributed by atoms with Crippen molar-refractivity contribution in [2.45, 2.75) is 24.7 Å². The molecule has 1 saturated heterocycles. The number of piperidine rings is 1. The van der Waals surface area contributed by atoms with E-state index >= 15 is 0 Å². The standard InChI is InChI=1S/C19H20ClFN2O3S/c1-13-7-8-17(11-18(13)20)27(25,26)23-9-3-4-14(12-23)19(24)22-16-6-2-5-15(21)10-16/h2,5-8,10-11,14H,3-4,9,12H2,1H3,(H,22,24)/t14-/m0/s1. The van der Waals surface area contributed by atoms with Crippen molar-refractivity contribution in [1.82, 2.24) is 4.31 Å². The fraction of sp³-hybridized carbons (Fsp3) is 0.316. The van der Waals surface area contributed by atoms with Crippen LogP contribution < -0.4 is 5.32 Å². The van der Waals surface area contributed by atoms with Gasteiger partial charge in [0.25, 0.3) is 0 Å². The molecule has 144 valence electrons. The Morgan fingerprint density at radius 1 is 1.26 bits per heavy atom. The predicted molar refractivity (Wildman–Crippen MR) is 103 cm³/mol. The summed E-state index contributed by atoms with van der Waals surface area (Å²) in [4.78, 5) is 12.6. The van der Waals surface area contributed by atoms with E-state index in [4.69, 9.17) is 11.6 Å². The van der Waals surface area contributed by atoms with Crippen LogP contribution in [0.1, 0.15) is 18.4 Å². The monoisotopic (exact) mass is 410 g/mol. The zero-order valence-electron chi connectivity index (χ0n) is 14.8. The van der Waals surface area contributed by atoms with Gasteiger partial charge in [-0.15, -0.1) is 0 Å². The molecule has 27 heavy (non-hydrogen) atoms. The summed E-state index contributed by atoms with van der Waals surface area (Å²) in [7, 11) is -3.74. The molecule has 0 saturated carbocycles. The molecule has 1 aliphatic heterocycles. The van der Waals surface area contributed by atoms with Crippen LogP contribution in [0.3, 0.4) is 0 Å². The molecule has 1 amide bonds. The van der Waals surface area contributed by atoms with Crippen molar-refractivity contribution in [3.8, 4) is 0 Å². The van der Waals surface area contributed by atoms with Gasteiger partial charge in [-0.3, -0.25) is 4.79 Å². The lowest BCUT2D eigenvalue weighted by Gasteiger charge is -2.31. The maximum absolute atomic E-state index is 13.3. The lowest BCUT2D eigenvalue weighted by molar-refractivity contribution is -0.120. The highest BCUT2D eigenvalue weighted by Crippen LogP contribution is 2.27. The number of sulfonamides is 1. The van der Waals surface area contributed by atoms with Crippen LogP contribution in [-0.2, 0) is 14.8 Å². The van der Waals surface area contributed by atoms with Crippen molar-refractivity contribution < 1.29 is 17.6 Å². The molecule has 0 unspecified atom stereocenters. The van der Waals surface area contributed by atoms with Crippen LogP contribution in [-0.4, -0.2) is 31.7 Å². The Morgan fingerprint density at radius 2 is 2.04 bits per heavy atom. The maximum Gasteiger partial charge on any atom is 0.243 e. The topological polar surface area (TPSA) is 66.5 Å². The minimum absolute atomic E-state index is 0.0784. The average molecular weight is 411 g/mol. The molecule has 0 radical (unpaired) electrons. The zero-order valence-corrected chi connectivity index (χ0v) is 16.4. The number of carbonyl (C=O) groups is 1. The molecule has 0 bridgehead atoms. The molecular formula is C19H20ClFN2O3S. The summed E-state index contributed by atoms with van der Waals surface area (Å²) in [5.74, 6) is -1.27. The lowest BCUT2D eigenvalue weighted by Crippen LogP contribution is -2.43. The Balaban J connectivity index is 1.74. The molecule has 2 aromatic carbocycles. The molecular weight excluding hydrogens is 391 g/mol. The minimum Gasteiger partial charge on any atom is -0.326 e. The van der Waals surface area contributed by atoms with Crippen molar-refractivity contribution in [3.05, 3.63) is 58.9 Å². The molecule has 5 nitrogen and oxygen atoms in total. The molecule has 0 aliphatic carbocycles. The van der Waals surface area contributed by atoms with Gasteiger partial charge in [-0.2, -0.15) is 4.31 Å². The first-order chi connectivity index (χ1) is 12.8. The molecule has 8 heteroatoms. The van der Waals surface area contributed by atoms with Gasteiger partial charge in [0.1, 0.15) is 5.82 Å². The highest BCUT2D eigenvalue weighted by Gasteiger charge is 2.33. The predicted octanol–water partition coefficient (Wildman–Crippen LogP) is 3.83. The molecule has 0 spiro atoms. The maximum atomic E-state index is 13.3. The lowest BCUT2D eigenvalue weighted by atomic mass is 9.99. The second-order valence-electron chi connectivity index (χ2n) is 6.61. The molecule has 1 heterocycles. The van der Waals surface area contributed by atoms with Gasteiger partial charge in [-0.05, 0) is 55.7 Å². The number of hydrogen-bond acceptors (Lipinski definition) is 3. The summed E-state index contributed by atoms with van der Waals surface area (Å²) in [6, 6.07) is 10.2. The molecule has 1 atom stereocenters. The van der Waals surface area contributed by atoms with Gasteiger partial charge in [0.2, 0.25) is 15.9 Å². The number of nitrogens with one attached hydrogen (secondary N) is 1. The Bertz CT molecular complexity index is 965. The number of rotatable bonds is 4. The Labute approximate surface area is 163 Å². The van der Waals surface area contributed by atoms with E-state index in [0.717, 1.165) is 5.56 Å². The number of benzene rings is 2. The first kappa shape index (κ1) is 19.8. The fourth-order valence-corrected chi connectivity index (χ4v) is 4.86. The SMILES string of the molecule is Cc1ccc(S(=O)(=O)N2CCC[C@H](C(=O)Nc3cccc(F)c3)C2)cc1Cl. The third-order valence-corrected chi connectivity index (χ3v) is 6.90.